The molecule has 0 aromatic heterocycles. The summed E-state index contributed by atoms with van der Waals surface area (Å²) in [4.78, 5) is 26.0. The number of piperidine rings is 1. The Bertz CT molecular complexity index is 669. The molecule has 27 heavy (non-hydrogen) atoms. The highest BCUT2D eigenvalue weighted by atomic mass is 19.1. The number of amides is 3. The molecular formula is C20H27F2N3O2. The molecule has 0 unspecified atom stereocenters. The Kier molecular flexibility index (Phi) is 6.63. The van der Waals surface area contributed by atoms with Gasteiger partial charge in [0, 0.05) is 37.7 Å². The maximum absolute atomic E-state index is 13.6. The fourth-order valence-electron chi connectivity index (χ4n) is 3.95. The molecule has 2 aliphatic rings. The van der Waals surface area contributed by atoms with Crippen LogP contribution in [0.2, 0.25) is 0 Å². The van der Waals surface area contributed by atoms with Crippen LogP contribution in [0.3, 0.4) is 0 Å². The van der Waals surface area contributed by atoms with Crippen molar-refractivity contribution in [2.24, 2.45) is 5.92 Å². The van der Waals surface area contributed by atoms with E-state index in [4.69, 9.17) is 0 Å². The SMILES string of the molecule is O=C(CC1CCCC1)NC1CCN(C(=O)NCc2cc(F)ccc2F)CC1. The summed E-state index contributed by atoms with van der Waals surface area (Å²) in [5.41, 5.74) is 0.123. The van der Waals surface area contributed by atoms with Gasteiger partial charge in [-0.3, -0.25) is 4.79 Å². The molecule has 1 aromatic carbocycles. The number of hydrogen-bond acceptors (Lipinski definition) is 2. The van der Waals surface area contributed by atoms with Crippen LogP contribution in [0.1, 0.15) is 50.5 Å². The number of likely N-dealkylation sites (tertiary alicyclic amines) is 1. The van der Waals surface area contributed by atoms with Crippen LogP contribution in [0.5, 0.6) is 0 Å². The molecule has 1 heterocycles. The van der Waals surface area contributed by atoms with Crippen molar-refractivity contribution in [3.63, 3.8) is 0 Å². The molecule has 1 aliphatic carbocycles. The highest BCUT2D eigenvalue weighted by molar-refractivity contribution is 5.77. The van der Waals surface area contributed by atoms with E-state index in [0.717, 1.165) is 31.0 Å². The van der Waals surface area contributed by atoms with Crippen molar-refractivity contribution >= 4 is 11.9 Å². The first-order valence-corrected chi connectivity index (χ1v) is 9.77. The van der Waals surface area contributed by atoms with Gasteiger partial charge in [-0.25, -0.2) is 13.6 Å². The van der Waals surface area contributed by atoms with Gasteiger partial charge in [-0.2, -0.15) is 0 Å². The van der Waals surface area contributed by atoms with E-state index in [2.05, 4.69) is 10.6 Å². The fourth-order valence-corrected chi connectivity index (χ4v) is 3.95. The molecule has 0 spiro atoms. The van der Waals surface area contributed by atoms with Gasteiger partial charge in [-0.1, -0.05) is 12.8 Å². The minimum Gasteiger partial charge on any atom is -0.353 e. The van der Waals surface area contributed by atoms with Crippen LogP contribution in [0.4, 0.5) is 13.6 Å². The molecule has 0 radical (unpaired) electrons. The zero-order valence-corrected chi connectivity index (χ0v) is 15.5. The molecule has 0 atom stereocenters. The number of benzene rings is 1. The van der Waals surface area contributed by atoms with E-state index in [9.17, 15) is 18.4 Å². The lowest BCUT2D eigenvalue weighted by Gasteiger charge is -2.32. The number of halogens is 2. The molecule has 0 bridgehead atoms. The number of carbonyl (C=O) groups is 2. The van der Waals surface area contributed by atoms with E-state index in [1.165, 1.54) is 12.8 Å². The first kappa shape index (κ1) is 19.6. The van der Waals surface area contributed by atoms with Gasteiger partial charge in [0.2, 0.25) is 5.91 Å². The number of hydrogen-bond donors (Lipinski definition) is 2. The van der Waals surface area contributed by atoms with Gasteiger partial charge in [0.05, 0.1) is 0 Å². The summed E-state index contributed by atoms with van der Waals surface area (Å²) in [5.74, 6) is -0.430. The van der Waals surface area contributed by atoms with Gasteiger partial charge in [-0.15, -0.1) is 0 Å². The Morgan fingerprint density at radius 2 is 1.78 bits per heavy atom. The molecule has 1 saturated heterocycles. The van der Waals surface area contributed by atoms with Crippen LogP contribution in [0.15, 0.2) is 18.2 Å². The van der Waals surface area contributed by atoms with Crippen LogP contribution in [-0.2, 0) is 11.3 Å². The second-order valence-corrected chi connectivity index (χ2v) is 7.58. The summed E-state index contributed by atoms with van der Waals surface area (Å²) in [5, 5.41) is 5.72. The summed E-state index contributed by atoms with van der Waals surface area (Å²) < 4.78 is 26.8. The second kappa shape index (κ2) is 9.15. The lowest BCUT2D eigenvalue weighted by molar-refractivity contribution is -0.122. The normalized spacial score (nSPS) is 18.5. The Morgan fingerprint density at radius 3 is 2.48 bits per heavy atom. The predicted octanol–water partition coefficient (Wildman–Crippen LogP) is 3.34. The molecule has 1 aromatic rings. The average Bonchev–Trinajstić information content (AvgIpc) is 3.15. The standard InChI is InChI=1S/C20H27F2N3O2/c21-16-5-6-18(22)15(12-16)13-23-20(27)25-9-7-17(8-10-25)24-19(26)11-14-3-1-2-4-14/h5-6,12,14,17H,1-4,7-11,13H2,(H,23,27)(H,24,26). The highest BCUT2D eigenvalue weighted by Crippen LogP contribution is 2.27. The lowest BCUT2D eigenvalue weighted by atomic mass is 10.0. The first-order chi connectivity index (χ1) is 13.0. The molecule has 3 amide bonds. The van der Waals surface area contributed by atoms with E-state index in [-0.39, 0.29) is 30.1 Å². The molecule has 1 aliphatic heterocycles. The quantitative estimate of drug-likeness (QED) is 0.824. The van der Waals surface area contributed by atoms with Gasteiger partial charge in [-0.05, 0) is 49.8 Å². The monoisotopic (exact) mass is 379 g/mol. The topological polar surface area (TPSA) is 61.4 Å². The van der Waals surface area contributed by atoms with E-state index in [0.29, 0.717) is 38.3 Å². The van der Waals surface area contributed by atoms with Crippen LogP contribution < -0.4 is 10.6 Å². The van der Waals surface area contributed by atoms with E-state index < -0.39 is 11.6 Å². The Morgan fingerprint density at radius 1 is 1.07 bits per heavy atom. The maximum atomic E-state index is 13.6. The van der Waals surface area contributed by atoms with E-state index in [1.54, 1.807) is 4.90 Å². The van der Waals surface area contributed by atoms with Crippen molar-refractivity contribution in [3.8, 4) is 0 Å². The van der Waals surface area contributed by atoms with Crippen molar-refractivity contribution in [2.75, 3.05) is 13.1 Å². The third-order valence-corrected chi connectivity index (χ3v) is 5.53. The number of rotatable bonds is 5. The summed E-state index contributed by atoms with van der Waals surface area (Å²) in [6, 6.07) is 2.99. The summed E-state index contributed by atoms with van der Waals surface area (Å²) >= 11 is 0. The van der Waals surface area contributed by atoms with Crippen molar-refractivity contribution in [1.29, 1.82) is 0 Å². The van der Waals surface area contributed by atoms with Crippen LogP contribution in [-0.4, -0.2) is 36.0 Å². The van der Waals surface area contributed by atoms with Gasteiger partial charge < -0.3 is 15.5 Å². The zero-order valence-electron chi connectivity index (χ0n) is 15.5. The first-order valence-electron chi connectivity index (χ1n) is 9.77. The van der Waals surface area contributed by atoms with Gasteiger partial charge in [0.15, 0.2) is 0 Å². The molecule has 148 valence electrons. The number of nitrogens with one attached hydrogen (secondary N) is 2. The fraction of sp³-hybridized carbons (Fsp3) is 0.600. The minimum absolute atomic E-state index is 0.0551. The largest absolute Gasteiger partial charge is 0.353 e. The van der Waals surface area contributed by atoms with Gasteiger partial charge in [0.1, 0.15) is 11.6 Å². The van der Waals surface area contributed by atoms with Crippen molar-refractivity contribution in [1.82, 2.24) is 15.5 Å². The number of urea groups is 1. The third kappa shape index (κ3) is 5.65. The lowest BCUT2D eigenvalue weighted by Crippen LogP contribution is -2.49. The van der Waals surface area contributed by atoms with Gasteiger partial charge >= 0.3 is 6.03 Å². The maximum Gasteiger partial charge on any atom is 0.317 e. The Labute approximate surface area is 158 Å². The Hall–Kier alpha value is -2.18. The average molecular weight is 379 g/mol. The smallest absolute Gasteiger partial charge is 0.317 e. The van der Waals surface area contributed by atoms with Crippen molar-refractivity contribution in [2.45, 2.75) is 57.5 Å². The van der Waals surface area contributed by atoms with Crippen molar-refractivity contribution in [3.05, 3.63) is 35.4 Å². The molecule has 2 fully saturated rings. The molecular weight excluding hydrogens is 352 g/mol. The van der Waals surface area contributed by atoms with Crippen LogP contribution >= 0.6 is 0 Å². The second-order valence-electron chi connectivity index (χ2n) is 7.58. The molecule has 1 saturated carbocycles. The summed E-state index contributed by atoms with van der Waals surface area (Å²) in [6.45, 7) is 1.01. The van der Waals surface area contributed by atoms with Gasteiger partial charge in [0.25, 0.3) is 0 Å². The highest BCUT2D eigenvalue weighted by Gasteiger charge is 2.25. The summed E-state index contributed by atoms with van der Waals surface area (Å²) in [6.07, 6.45) is 6.78. The predicted molar refractivity (Wildman–Crippen MR) is 97.9 cm³/mol. The molecule has 7 heteroatoms. The molecule has 3 rings (SSSR count). The minimum atomic E-state index is -0.541. The van der Waals surface area contributed by atoms with E-state index >= 15 is 0 Å². The van der Waals surface area contributed by atoms with Crippen LogP contribution in [0, 0.1) is 17.6 Å². The Balaban J connectivity index is 1.38. The third-order valence-electron chi connectivity index (χ3n) is 5.53. The summed E-state index contributed by atoms with van der Waals surface area (Å²) in [7, 11) is 0. The number of carbonyl (C=O) groups excluding carboxylic acids is 2. The zero-order chi connectivity index (χ0) is 19.2. The molecule has 5 nitrogen and oxygen atoms in total. The van der Waals surface area contributed by atoms with E-state index in [1.807, 2.05) is 0 Å². The van der Waals surface area contributed by atoms with Crippen LogP contribution in [0.25, 0.3) is 0 Å². The van der Waals surface area contributed by atoms with Crippen molar-refractivity contribution < 1.29 is 18.4 Å². The molecule has 2 N–H and O–H groups in total. The number of nitrogens with zero attached hydrogens (tertiary/aromatic N) is 1.